The molecule has 0 amide bonds. The largest absolute Gasteiger partial charge is 0.327 e. The fourth-order valence-electron chi connectivity index (χ4n) is 3.25. The molecule has 1 aliphatic carbocycles. The van der Waals surface area contributed by atoms with E-state index in [0.29, 0.717) is 6.04 Å². The lowest BCUT2D eigenvalue weighted by molar-refractivity contribution is 0.387. The Labute approximate surface area is 112 Å². The number of hydrogen-bond donors (Lipinski definition) is 1. The summed E-state index contributed by atoms with van der Waals surface area (Å²) >= 11 is 0. The van der Waals surface area contributed by atoms with Crippen molar-refractivity contribution in [2.45, 2.75) is 64.3 Å². The Balaban J connectivity index is 1.82. The van der Waals surface area contributed by atoms with Crippen molar-refractivity contribution in [3.63, 3.8) is 0 Å². The highest BCUT2D eigenvalue weighted by Gasteiger charge is 2.16. The molecule has 0 aromatic heterocycles. The van der Waals surface area contributed by atoms with Crippen molar-refractivity contribution in [3.05, 3.63) is 35.4 Å². The fraction of sp³-hybridized carbons (Fsp3) is 0.647. The van der Waals surface area contributed by atoms with Crippen LogP contribution >= 0.6 is 0 Å². The van der Waals surface area contributed by atoms with Crippen LogP contribution in [0.2, 0.25) is 0 Å². The van der Waals surface area contributed by atoms with Gasteiger partial charge in [0.2, 0.25) is 0 Å². The topological polar surface area (TPSA) is 26.0 Å². The van der Waals surface area contributed by atoms with Crippen LogP contribution in [0.25, 0.3) is 0 Å². The maximum absolute atomic E-state index is 6.34. The highest BCUT2D eigenvalue weighted by molar-refractivity contribution is 5.22. The zero-order valence-electron chi connectivity index (χ0n) is 11.7. The minimum atomic E-state index is 0.342. The van der Waals surface area contributed by atoms with E-state index >= 15 is 0 Å². The molecule has 0 aliphatic heterocycles. The van der Waals surface area contributed by atoms with Crippen LogP contribution in [0.4, 0.5) is 0 Å². The summed E-state index contributed by atoms with van der Waals surface area (Å²) in [6, 6.07) is 9.12. The molecule has 1 nitrogen and oxygen atoms in total. The van der Waals surface area contributed by atoms with Crippen LogP contribution in [-0.2, 0) is 6.42 Å². The molecule has 2 N–H and O–H groups in total. The van der Waals surface area contributed by atoms with Gasteiger partial charge in [0.25, 0.3) is 0 Å². The van der Waals surface area contributed by atoms with E-state index in [-0.39, 0.29) is 0 Å². The highest BCUT2D eigenvalue weighted by Crippen LogP contribution is 2.26. The molecule has 0 radical (unpaired) electrons. The van der Waals surface area contributed by atoms with Gasteiger partial charge >= 0.3 is 0 Å². The van der Waals surface area contributed by atoms with E-state index in [1.807, 2.05) is 0 Å². The van der Waals surface area contributed by atoms with Crippen LogP contribution in [0, 0.1) is 12.8 Å². The number of hydrogen-bond acceptors (Lipinski definition) is 1. The highest BCUT2D eigenvalue weighted by atomic mass is 14.6. The Morgan fingerprint density at radius 3 is 2.56 bits per heavy atom. The Kier molecular flexibility index (Phi) is 5.25. The maximum atomic E-state index is 6.34. The lowest BCUT2D eigenvalue weighted by atomic mass is 9.90. The fourth-order valence-corrected chi connectivity index (χ4v) is 3.25. The Bertz CT molecular complexity index is 350. The zero-order chi connectivity index (χ0) is 12.8. The third-order valence-corrected chi connectivity index (χ3v) is 4.19. The summed E-state index contributed by atoms with van der Waals surface area (Å²) in [4.78, 5) is 0. The quantitative estimate of drug-likeness (QED) is 0.789. The summed E-state index contributed by atoms with van der Waals surface area (Å²) in [5.74, 6) is 0.882. The molecular weight excluding hydrogens is 218 g/mol. The van der Waals surface area contributed by atoms with Gasteiger partial charge < -0.3 is 5.73 Å². The zero-order valence-corrected chi connectivity index (χ0v) is 11.7. The third kappa shape index (κ3) is 4.45. The summed E-state index contributed by atoms with van der Waals surface area (Å²) in [5, 5.41) is 0. The maximum Gasteiger partial charge on any atom is 0.00819 e. The molecule has 2 rings (SSSR count). The van der Waals surface area contributed by atoms with Gasteiger partial charge in [0, 0.05) is 6.04 Å². The summed E-state index contributed by atoms with van der Waals surface area (Å²) < 4.78 is 0. The summed E-state index contributed by atoms with van der Waals surface area (Å²) in [6.45, 7) is 2.15. The molecule has 1 aromatic rings. The van der Waals surface area contributed by atoms with Crippen LogP contribution in [0.15, 0.2) is 24.3 Å². The first kappa shape index (κ1) is 13.6. The minimum Gasteiger partial charge on any atom is -0.327 e. The summed E-state index contributed by atoms with van der Waals surface area (Å²) in [6.07, 6.45) is 10.8. The second-order valence-corrected chi connectivity index (χ2v) is 6.05. The van der Waals surface area contributed by atoms with Gasteiger partial charge in [0.15, 0.2) is 0 Å². The average molecular weight is 245 g/mol. The van der Waals surface area contributed by atoms with Crippen LogP contribution in [-0.4, -0.2) is 6.04 Å². The van der Waals surface area contributed by atoms with E-state index in [2.05, 4.69) is 31.2 Å². The van der Waals surface area contributed by atoms with Crippen molar-refractivity contribution < 1.29 is 0 Å². The van der Waals surface area contributed by atoms with Gasteiger partial charge in [-0.2, -0.15) is 0 Å². The normalized spacial score (nSPS) is 19.4. The smallest absolute Gasteiger partial charge is 0.00819 e. The molecule has 0 heterocycles. The van der Waals surface area contributed by atoms with Crippen molar-refractivity contribution in [2.24, 2.45) is 11.7 Å². The van der Waals surface area contributed by atoms with Gasteiger partial charge in [-0.15, -0.1) is 0 Å². The molecule has 1 heteroatoms. The van der Waals surface area contributed by atoms with E-state index in [4.69, 9.17) is 5.73 Å². The predicted octanol–water partition coefficient (Wildman–Crippen LogP) is 4.23. The van der Waals surface area contributed by atoms with E-state index in [9.17, 15) is 0 Å². The minimum absolute atomic E-state index is 0.342. The second kappa shape index (κ2) is 6.94. The molecule has 0 spiro atoms. The second-order valence-electron chi connectivity index (χ2n) is 6.05. The van der Waals surface area contributed by atoms with Crippen molar-refractivity contribution in [3.8, 4) is 0 Å². The lowest BCUT2D eigenvalue weighted by Gasteiger charge is -2.19. The van der Waals surface area contributed by atoms with Crippen molar-refractivity contribution in [1.29, 1.82) is 0 Å². The third-order valence-electron chi connectivity index (χ3n) is 4.19. The predicted molar refractivity (Wildman–Crippen MR) is 78.7 cm³/mol. The molecule has 1 aliphatic rings. The standard InChI is InChI=1S/C17H27N/c1-14-7-6-10-16(11-14)13-17(18)12-15-8-4-2-3-5-9-15/h6-7,10-11,15,17H,2-5,8-9,12-13,18H2,1H3. The van der Waals surface area contributed by atoms with Gasteiger partial charge in [0.05, 0.1) is 0 Å². The average Bonchev–Trinajstić information content (AvgIpc) is 2.57. The van der Waals surface area contributed by atoms with Crippen molar-refractivity contribution >= 4 is 0 Å². The van der Waals surface area contributed by atoms with Crippen LogP contribution in [0.1, 0.15) is 56.1 Å². The lowest BCUT2D eigenvalue weighted by Crippen LogP contribution is -2.26. The molecule has 1 saturated carbocycles. The first-order valence-corrected chi connectivity index (χ1v) is 7.55. The summed E-state index contributed by atoms with van der Waals surface area (Å²) in [7, 11) is 0. The van der Waals surface area contributed by atoms with Gasteiger partial charge in [-0.1, -0.05) is 68.4 Å². The first-order chi connectivity index (χ1) is 8.74. The SMILES string of the molecule is Cc1cccc(CC(N)CC2CCCCCC2)c1. The molecule has 18 heavy (non-hydrogen) atoms. The van der Waals surface area contributed by atoms with Gasteiger partial charge in [0.1, 0.15) is 0 Å². The number of nitrogens with two attached hydrogens (primary N) is 1. The van der Waals surface area contributed by atoms with Crippen LogP contribution in [0.3, 0.4) is 0 Å². The number of aryl methyl sites for hydroxylation is 1. The first-order valence-electron chi connectivity index (χ1n) is 7.55. The number of benzene rings is 1. The number of rotatable bonds is 4. The van der Waals surface area contributed by atoms with Gasteiger partial charge in [-0.25, -0.2) is 0 Å². The molecule has 100 valence electrons. The monoisotopic (exact) mass is 245 g/mol. The molecule has 1 aromatic carbocycles. The van der Waals surface area contributed by atoms with Crippen molar-refractivity contribution in [2.75, 3.05) is 0 Å². The molecule has 1 fully saturated rings. The molecule has 0 saturated heterocycles. The van der Waals surface area contributed by atoms with Crippen LogP contribution < -0.4 is 5.73 Å². The van der Waals surface area contributed by atoms with Crippen molar-refractivity contribution in [1.82, 2.24) is 0 Å². The Hall–Kier alpha value is -0.820. The van der Waals surface area contributed by atoms with E-state index < -0.39 is 0 Å². The molecule has 1 unspecified atom stereocenters. The Morgan fingerprint density at radius 2 is 1.89 bits per heavy atom. The van der Waals surface area contributed by atoms with E-state index in [1.165, 1.54) is 56.1 Å². The molecular formula is C17H27N. The van der Waals surface area contributed by atoms with E-state index in [1.54, 1.807) is 0 Å². The van der Waals surface area contributed by atoms with Gasteiger partial charge in [-0.05, 0) is 31.2 Å². The Morgan fingerprint density at radius 1 is 1.17 bits per heavy atom. The molecule has 1 atom stereocenters. The van der Waals surface area contributed by atoms with E-state index in [0.717, 1.165) is 12.3 Å². The van der Waals surface area contributed by atoms with Crippen LogP contribution in [0.5, 0.6) is 0 Å². The summed E-state index contributed by atoms with van der Waals surface area (Å²) in [5.41, 5.74) is 9.08. The molecule has 0 bridgehead atoms. The van der Waals surface area contributed by atoms with Gasteiger partial charge in [-0.3, -0.25) is 0 Å².